The maximum Gasteiger partial charge on any atom is 0.145 e. The van der Waals surface area contributed by atoms with Crippen molar-refractivity contribution in [3.05, 3.63) is 328 Å². The van der Waals surface area contributed by atoms with E-state index in [1.807, 2.05) is 23.5 Å². The van der Waals surface area contributed by atoms with Gasteiger partial charge in [0.25, 0.3) is 0 Å². The zero-order valence-corrected chi connectivity index (χ0v) is 56.4. The zero-order chi connectivity index (χ0) is 67.6. The van der Waals surface area contributed by atoms with Crippen molar-refractivity contribution >= 4 is 185 Å². The number of benzene rings is 16. The molecule has 7 nitrogen and oxygen atoms in total. The first-order valence-corrected chi connectivity index (χ1v) is 36.2. The third-order valence-electron chi connectivity index (χ3n) is 22.3. The van der Waals surface area contributed by atoms with Crippen molar-refractivity contribution in [2.45, 2.75) is 0 Å². The van der Waals surface area contributed by atoms with Crippen molar-refractivity contribution in [2.75, 3.05) is 0 Å². The van der Waals surface area contributed by atoms with Crippen LogP contribution in [0.15, 0.2) is 341 Å². The van der Waals surface area contributed by atoms with E-state index in [9.17, 15) is 0 Å². The van der Waals surface area contributed by atoms with Gasteiger partial charge in [-0.15, -0.1) is 11.3 Å². The van der Waals surface area contributed by atoms with Gasteiger partial charge in [-0.3, -0.25) is 0 Å². The molecule has 0 aliphatic carbocycles. The quantitative estimate of drug-likeness (QED) is 0.160. The monoisotopic (exact) mass is 1340 g/mol. The van der Waals surface area contributed by atoms with Crippen molar-refractivity contribution in [1.29, 1.82) is 0 Å². The number of nitrogens with zero attached hydrogens (tertiary/aromatic N) is 4. The van der Waals surface area contributed by atoms with Crippen LogP contribution in [-0.4, -0.2) is 18.3 Å². The van der Waals surface area contributed by atoms with Gasteiger partial charge in [-0.05, 0) is 167 Å². The second-order valence-electron chi connectivity index (χ2n) is 27.8. The fraction of sp³-hybridized carbons (Fsp3) is 0. The molecule has 0 spiro atoms. The number of para-hydroxylation sites is 7. The van der Waals surface area contributed by atoms with Gasteiger partial charge >= 0.3 is 0 Å². The summed E-state index contributed by atoms with van der Waals surface area (Å²) in [6.07, 6.45) is 0. The van der Waals surface area contributed by atoms with Gasteiger partial charge in [0.15, 0.2) is 0 Å². The largest absolute Gasteiger partial charge is 0.456 e. The first-order chi connectivity index (χ1) is 51.5. The highest BCUT2D eigenvalue weighted by molar-refractivity contribution is 7.26. The molecule has 0 radical (unpaired) electrons. The van der Waals surface area contributed by atoms with Crippen LogP contribution in [0.5, 0.6) is 0 Å². The molecule has 104 heavy (non-hydrogen) atoms. The highest BCUT2D eigenvalue weighted by Gasteiger charge is 2.26. The first kappa shape index (κ1) is 56.1. The number of furan rings is 3. The average Bonchev–Trinajstić information content (AvgIpc) is 1.62. The van der Waals surface area contributed by atoms with Crippen LogP contribution in [0.1, 0.15) is 0 Å². The molecule has 8 heteroatoms. The van der Waals surface area contributed by atoms with Gasteiger partial charge in [-0.2, -0.15) is 0 Å². The molecule has 24 aromatic rings. The Kier molecular flexibility index (Phi) is 11.3. The van der Waals surface area contributed by atoms with E-state index in [-0.39, 0.29) is 0 Å². The number of aromatic nitrogens is 4. The van der Waals surface area contributed by atoms with Gasteiger partial charge < -0.3 is 31.5 Å². The molecule has 0 unspecified atom stereocenters. The molecule has 8 heterocycles. The van der Waals surface area contributed by atoms with Crippen LogP contribution in [0, 0.1) is 0 Å². The Balaban J connectivity index is 0.644. The molecule has 0 fully saturated rings. The maximum absolute atomic E-state index is 7.23. The van der Waals surface area contributed by atoms with E-state index in [0.29, 0.717) is 0 Å². The van der Waals surface area contributed by atoms with Gasteiger partial charge in [0, 0.05) is 131 Å². The maximum atomic E-state index is 7.23. The molecule has 16 aromatic carbocycles. The number of fused-ring (bicyclic) bond motifs is 26. The van der Waals surface area contributed by atoms with Crippen LogP contribution >= 0.6 is 11.3 Å². The first-order valence-electron chi connectivity index (χ1n) is 35.4. The minimum atomic E-state index is 0.846. The third kappa shape index (κ3) is 7.83. The van der Waals surface area contributed by atoms with E-state index in [2.05, 4.69) is 334 Å². The Labute approximate surface area is 595 Å². The predicted octanol–water partition coefficient (Wildman–Crippen LogP) is 27.1. The van der Waals surface area contributed by atoms with Gasteiger partial charge in [0.2, 0.25) is 0 Å². The molecule has 482 valence electrons. The van der Waals surface area contributed by atoms with Crippen molar-refractivity contribution in [2.24, 2.45) is 0 Å². The van der Waals surface area contributed by atoms with Crippen molar-refractivity contribution in [1.82, 2.24) is 18.3 Å². The highest BCUT2D eigenvalue weighted by atomic mass is 32.1. The van der Waals surface area contributed by atoms with Crippen molar-refractivity contribution in [3.8, 4) is 56.1 Å². The van der Waals surface area contributed by atoms with E-state index < -0.39 is 0 Å². The van der Waals surface area contributed by atoms with Crippen LogP contribution in [0.3, 0.4) is 0 Å². The van der Waals surface area contributed by atoms with Gasteiger partial charge in [-0.25, -0.2) is 0 Å². The van der Waals surface area contributed by atoms with E-state index in [1.54, 1.807) is 0 Å². The van der Waals surface area contributed by atoms with Crippen LogP contribution in [0.2, 0.25) is 0 Å². The van der Waals surface area contributed by atoms with Crippen molar-refractivity contribution in [3.63, 3.8) is 0 Å². The normalized spacial score (nSPS) is 12.4. The Morgan fingerprint density at radius 1 is 0.202 bits per heavy atom. The Bertz CT molecular complexity index is 7830. The lowest BCUT2D eigenvalue weighted by atomic mass is 9.99. The summed E-state index contributed by atoms with van der Waals surface area (Å²) in [4.78, 5) is 0. The Morgan fingerprint density at radius 2 is 0.606 bits per heavy atom. The van der Waals surface area contributed by atoms with E-state index in [1.165, 1.54) is 63.5 Å². The molecule has 0 saturated heterocycles. The second kappa shape index (κ2) is 21.0. The smallest absolute Gasteiger partial charge is 0.145 e. The third-order valence-corrected chi connectivity index (χ3v) is 23.5. The molecule has 0 saturated carbocycles. The fourth-order valence-electron chi connectivity index (χ4n) is 17.7. The summed E-state index contributed by atoms with van der Waals surface area (Å²) in [5.74, 6) is 0. The predicted molar refractivity (Wildman–Crippen MR) is 435 cm³/mol. The SMILES string of the molecule is c1ccc(-n2c3cc(-c4ccc5c(c4)c4c6sc7ccc(-c8cccc9c8oc8cc%10c(cc89)c8ccc(-c9ccc%11c(c9)c9c%12oc%13ccccc%13c%12ccc9n%11-c9ccccc9)cc8n%10-c8ccccc8)cc7c6ccc4n5-c4ccccc4)ccc3c3cc4c(cc32)oc2ccccc24)cc1. The standard InChI is InChI=1S/C96H54N4O3S/c1-5-18-60(19-6-1)97-79-41-34-55(46-77(79)92-81(97)43-39-70-67-26-13-16-31-88(67)102-95(70)92)57-32-38-66-73-52-75-69-29-17-28-64(94(69)103-90(75)54-86(73)100(84(66)49-57)63-24-11-4-12-25-63)59-36-45-91-76(48-59)71-40-44-82-93(96(71)104-91)78-47-56(35-42-80(78)98(82)61-20-7-2-8-21-61)58-33-37-65-72-51-74-68-27-14-15-30-87(68)101-89(74)53-85(72)99(83(65)50-58)62-22-9-3-10-23-62/h1-54H. The Hall–Kier alpha value is -13.7. The highest BCUT2D eigenvalue weighted by Crippen LogP contribution is 2.50. The average molecular weight is 1340 g/mol. The van der Waals surface area contributed by atoms with E-state index >= 15 is 0 Å². The van der Waals surface area contributed by atoms with Crippen LogP contribution in [0.4, 0.5) is 0 Å². The number of thiophene rings is 1. The number of hydrogen-bond acceptors (Lipinski definition) is 4. The van der Waals surface area contributed by atoms with Crippen molar-refractivity contribution < 1.29 is 13.3 Å². The minimum Gasteiger partial charge on any atom is -0.456 e. The zero-order valence-electron chi connectivity index (χ0n) is 55.6. The molecular formula is C96H54N4O3S. The molecule has 0 aliphatic rings. The van der Waals surface area contributed by atoms with Gasteiger partial charge in [0.1, 0.15) is 33.5 Å². The van der Waals surface area contributed by atoms with Crippen LogP contribution < -0.4 is 0 Å². The molecular weight excluding hydrogens is 1290 g/mol. The molecule has 0 N–H and O–H groups in total. The molecule has 0 atom stereocenters. The van der Waals surface area contributed by atoms with E-state index in [4.69, 9.17) is 13.3 Å². The minimum absolute atomic E-state index is 0.846. The Morgan fingerprint density at radius 3 is 1.20 bits per heavy atom. The lowest BCUT2D eigenvalue weighted by Crippen LogP contribution is -1.93. The molecule has 0 aliphatic heterocycles. The summed E-state index contributed by atoms with van der Waals surface area (Å²) in [7, 11) is 0. The second-order valence-corrected chi connectivity index (χ2v) is 28.9. The molecule has 24 rings (SSSR count). The molecule has 0 amide bonds. The number of rotatable bonds is 7. The fourth-order valence-corrected chi connectivity index (χ4v) is 18.9. The molecule has 0 bridgehead atoms. The number of hydrogen-bond donors (Lipinski definition) is 0. The summed E-state index contributed by atoms with van der Waals surface area (Å²) < 4.78 is 32.7. The van der Waals surface area contributed by atoms with Gasteiger partial charge in [0.05, 0.1) is 49.5 Å². The summed E-state index contributed by atoms with van der Waals surface area (Å²) in [6.45, 7) is 0. The summed E-state index contributed by atoms with van der Waals surface area (Å²) in [6, 6.07) is 120. The van der Waals surface area contributed by atoms with E-state index in [0.717, 1.165) is 166 Å². The van der Waals surface area contributed by atoms with Crippen LogP contribution in [-0.2, 0) is 0 Å². The van der Waals surface area contributed by atoms with Crippen LogP contribution in [0.25, 0.3) is 229 Å². The summed E-state index contributed by atoms with van der Waals surface area (Å²) in [5.41, 5.74) is 25.5. The lowest BCUT2D eigenvalue weighted by Gasteiger charge is -2.10. The van der Waals surface area contributed by atoms with Gasteiger partial charge in [-0.1, -0.05) is 176 Å². The topological polar surface area (TPSA) is 59.1 Å². The lowest BCUT2D eigenvalue weighted by molar-refractivity contribution is 0.669. The molecule has 8 aromatic heterocycles. The summed E-state index contributed by atoms with van der Waals surface area (Å²) in [5, 5.41) is 18.6. The summed E-state index contributed by atoms with van der Waals surface area (Å²) >= 11 is 1.88.